The van der Waals surface area contributed by atoms with Crippen LogP contribution < -0.4 is 16.4 Å². The van der Waals surface area contributed by atoms with Gasteiger partial charge in [0.1, 0.15) is 23.7 Å². The van der Waals surface area contributed by atoms with E-state index in [2.05, 4.69) is 10.6 Å². The maximum absolute atomic E-state index is 13.3. The SMILES string of the molecule is CC[C@H](C)[C@H](NC(=O)[C@H](NC(=O)OC(C)(C)C)[C@@H](C)CC)C(=O)N1CCC[C@@H]1C(N)=O. The minimum absolute atomic E-state index is 0.162. The predicted octanol–water partition coefficient (Wildman–Crippen LogP) is 1.93. The molecule has 0 unspecified atom stereocenters. The van der Waals surface area contributed by atoms with Gasteiger partial charge < -0.3 is 26.0 Å². The number of rotatable bonds is 9. The third-order valence-electron chi connectivity index (χ3n) is 5.81. The lowest BCUT2D eigenvalue weighted by Gasteiger charge is -2.33. The molecule has 0 bridgehead atoms. The Labute approximate surface area is 185 Å². The fourth-order valence-electron chi connectivity index (χ4n) is 3.57. The Morgan fingerprint density at radius 1 is 1.03 bits per heavy atom. The highest BCUT2D eigenvalue weighted by molar-refractivity contribution is 5.94. The maximum atomic E-state index is 13.3. The second kappa shape index (κ2) is 11.3. The Bertz CT molecular complexity index is 661. The van der Waals surface area contributed by atoms with E-state index in [1.807, 2.05) is 27.7 Å². The van der Waals surface area contributed by atoms with Crippen LogP contribution in [-0.4, -0.2) is 59.0 Å². The predicted molar refractivity (Wildman–Crippen MR) is 118 cm³/mol. The highest BCUT2D eigenvalue weighted by atomic mass is 16.6. The van der Waals surface area contributed by atoms with Gasteiger partial charge >= 0.3 is 6.09 Å². The Hall–Kier alpha value is -2.32. The van der Waals surface area contributed by atoms with Crippen LogP contribution in [0.4, 0.5) is 4.79 Å². The van der Waals surface area contributed by atoms with Crippen LogP contribution in [0.3, 0.4) is 0 Å². The van der Waals surface area contributed by atoms with Crippen LogP contribution in [0.15, 0.2) is 0 Å². The summed E-state index contributed by atoms with van der Waals surface area (Å²) in [6, 6.07) is -2.32. The number of alkyl carbamates (subject to hydrolysis) is 1. The zero-order valence-corrected chi connectivity index (χ0v) is 20.0. The molecule has 0 spiro atoms. The van der Waals surface area contributed by atoms with Gasteiger partial charge in [-0.05, 0) is 45.4 Å². The highest BCUT2D eigenvalue weighted by Gasteiger charge is 2.39. The molecule has 0 aromatic heterocycles. The fourth-order valence-corrected chi connectivity index (χ4v) is 3.57. The van der Waals surface area contributed by atoms with E-state index in [4.69, 9.17) is 10.5 Å². The van der Waals surface area contributed by atoms with Crippen LogP contribution >= 0.6 is 0 Å². The van der Waals surface area contributed by atoms with Crippen LogP contribution in [0, 0.1) is 11.8 Å². The Morgan fingerprint density at radius 2 is 1.58 bits per heavy atom. The average Bonchev–Trinajstić information content (AvgIpc) is 3.17. The van der Waals surface area contributed by atoms with E-state index in [-0.39, 0.29) is 17.7 Å². The lowest BCUT2D eigenvalue weighted by atomic mass is 9.94. The van der Waals surface area contributed by atoms with Crippen molar-refractivity contribution in [3.05, 3.63) is 0 Å². The van der Waals surface area contributed by atoms with Crippen molar-refractivity contribution in [2.75, 3.05) is 6.54 Å². The third kappa shape index (κ3) is 7.70. The Balaban J connectivity index is 3.04. The van der Waals surface area contributed by atoms with E-state index in [0.717, 1.165) is 0 Å². The van der Waals surface area contributed by atoms with Crippen LogP contribution in [0.2, 0.25) is 0 Å². The van der Waals surface area contributed by atoms with E-state index in [0.29, 0.717) is 32.2 Å². The van der Waals surface area contributed by atoms with Gasteiger partial charge in [0.2, 0.25) is 17.7 Å². The molecule has 1 heterocycles. The van der Waals surface area contributed by atoms with Crippen molar-refractivity contribution >= 4 is 23.8 Å². The topological polar surface area (TPSA) is 131 Å². The molecule has 0 radical (unpaired) electrons. The summed E-state index contributed by atoms with van der Waals surface area (Å²) in [6.07, 6.45) is 1.83. The normalized spacial score (nSPS) is 20.4. The van der Waals surface area contributed by atoms with Crippen LogP contribution in [0.5, 0.6) is 0 Å². The minimum atomic E-state index is -0.857. The molecule has 178 valence electrons. The number of carbonyl (C=O) groups is 4. The number of primary amides is 1. The largest absolute Gasteiger partial charge is 0.444 e. The van der Waals surface area contributed by atoms with Crippen LogP contribution in [0.25, 0.3) is 0 Å². The van der Waals surface area contributed by atoms with E-state index >= 15 is 0 Å². The number of likely N-dealkylation sites (tertiary alicyclic amines) is 1. The first-order valence-corrected chi connectivity index (χ1v) is 11.2. The molecule has 0 aliphatic carbocycles. The number of nitrogens with two attached hydrogens (primary N) is 1. The number of carbonyl (C=O) groups excluding carboxylic acids is 4. The monoisotopic (exact) mass is 440 g/mol. The summed E-state index contributed by atoms with van der Waals surface area (Å²) in [5.41, 5.74) is 4.77. The lowest BCUT2D eigenvalue weighted by molar-refractivity contribution is -0.142. The molecule has 4 amide bonds. The zero-order valence-electron chi connectivity index (χ0n) is 20.0. The van der Waals surface area contributed by atoms with E-state index < -0.39 is 41.6 Å². The van der Waals surface area contributed by atoms with Crippen molar-refractivity contribution < 1.29 is 23.9 Å². The molecule has 1 fully saturated rings. The molecule has 1 aliphatic rings. The molecule has 31 heavy (non-hydrogen) atoms. The minimum Gasteiger partial charge on any atom is -0.444 e. The van der Waals surface area contributed by atoms with Gasteiger partial charge in [-0.3, -0.25) is 14.4 Å². The summed E-state index contributed by atoms with van der Waals surface area (Å²) in [4.78, 5) is 51.9. The molecule has 9 heteroatoms. The molecule has 0 aromatic carbocycles. The second-order valence-electron chi connectivity index (χ2n) is 9.47. The first-order valence-electron chi connectivity index (χ1n) is 11.2. The molecule has 9 nitrogen and oxygen atoms in total. The number of nitrogens with zero attached hydrogens (tertiary/aromatic N) is 1. The van der Waals surface area contributed by atoms with Crippen molar-refractivity contribution in [3.63, 3.8) is 0 Å². The number of hydrogen-bond acceptors (Lipinski definition) is 5. The van der Waals surface area contributed by atoms with E-state index in [9.17, 15) is 19.2 Å². The van der Waals surface area contributed by atoms with Gasteiger partial charge in [-0.1, -0.05) is 40.5 Å². The Morgan fingerprint density at radius 3 is 2.06 bits per heavy atom. The average molecular weight is 441 g/mol. The molecule has 1 saturated heterocycles. The van der Waals surface area contributed by atoms with E-state index in [1.54, 1.807) is 20.8 Å². The molecular formula is C22H40N4O5. The fraction of sp³-hybridized carbons (Fsp3) is 0.818. The van der Waals surface area contributed by atoms with E-state index in [1.165, 1.54) is 4.90 Å². The van der Waals surface area contributed by atoms with Crippen molar-refractivity contribution in [3.8, 4) is 0 Å². The van der Waals surface area contributed by atoms with Crippen molar-refractivity contribution in [1.82, 2.24) is 15.5 Å². The number of ether oxygens (including phenoxy) is 1. The van der Waals surface area contributed by atoms with Gasteiger partial charge in [0, 0.05) is 6.54 Å². The van der Waals surface area contributed by atoms with Crippen LogP contribution in [0.1, 0.15) is 74.1 Å². The summed E-state index contributed by atoms with van der Waals surface area (Å²) < 4.78 is 5.30. The zero-order chi connectivity index (χ0) is 23.9. The quantitative estimate of drug-likeness (QED) is 0.504. The van der Waals surface area contributed by atoms with Gasteiger partial charge in [0.25, 0.3) is 0 Å². The summed E-state index contributed by atoms with van der Waals surface area (Å²) >= 11 is 0. The molecule has 0 aromatic rings. The summed E-state index contributed by atoms with van der Waals surface area (Å²) in [5, 5.41) is 5.48. The first-order chi connectivity index (χ1) is 14.3. The molecule has 0 saturated carbocycles. The maximum Gasteiger partial charge on any atom is 0.408 e. The van der Waals surface area contributed by atoms with Crippen LogP contribution in [-0.2, 0) is 19.1 Å². The highest BCUT2D eigenvalue weighted by Crippen LogP contribution is 2.21. The van der Waals surface area contributed by atoms with Crippen molar-refractivity contribution in [1.29, 1.82) is 0 Å². The number of amides is 4. The molecule has 4 N–H and O–H groups in total. The second-order valence-corrected chi connectivity index (χ2v) is 9.47. The number of nitrogens with one attached hydrogen (secondary N) is 2. The molecular weight excluding hydrogens is 400 g/mol. The lowest BCUT2D eigenvalue weighted by Crippen LogP contribution is -2.59. The van der Waals surface area contributed by atoms with Crippen molar-refractivity contribution in [2.24, 2.45) is 17.6 Å². The van der Waals surface area contributed by atoms with Gasteiger partial charge in [0.15, 0.2) is 0 Å². The molecule has 5 atom stereocenters. The van der Waals surface area contributed by atoms with Gasteiger partial charge in [0.05, 0.1) is 0 Å². The third-order valence-corrected chi connectivity index (χ3v) is 5.81. The summed E-state index contributed by atoms with van der Waals surface area (Å²) in [5.74, 6) is -1.64. The molecule has 1 rings (SSSR count). The first kappa shape index (κ1) is 26.7. The summed E-state index contributed by atoms with van der Waals surface area (Å²) in [6.45, 7) is 13.2. The number of hydrogen-bond donors (Lipinski definition) is 3. The van der Waals surface area contributed by atoms with Gasteiger partial charge in [-0.15, -0.1) is 0 Å². The summed E-state index contributed by atoms with van der Waals surface area (Å²) in [7, 11) is 0. The smallest absolute Gasteiger partial charge is 0.408 e. The Kier molecular flexibility index (Phi) is 9.77. The van der Waals surface area contributed by atoms with Crippen molar-refractivity contribution in [2.45, 2.75) is 97.9 Å². The van der Waals surface area contributed by atoms with Gasteiger partial charge in [-0.2, -0.15) is 0 Å². The van der Waals surface area contributed by atoms with Gasteiger partial charge in [-0.25, -0.2) is 4.79 Å². The standard InChI is InChI=1S/C22H40N4O5/c1-8-13(3)16(25-21(30)31-22(5,6)7)19(28)24-17(14(4)9-2)20(29)26-12-10-11-15(26)18(23)27/h13-17H,8-12H2,1-7H3,(H2,23,27)(H,24,28)(H,25,30)/t13-,14-,15+,16+,17-/m0/s1. The molecule has 1 aliphatic heterocycles.